The summed E-state index contributed by atoms with van der Waals surface area (Å²) in [7, 11) is 1.83. The highest BCUT2D eigenvalue weighted by atomic mass is 19.1. The highest BCUT2D eigenvalue weighted by Crippen LogP contribution is 2.10. The van der Waals surface area contributed by atoms with Gasteiger partial charge in [-0.1, -0.05) is 18.2 Å². The first-order chi connectivity index (χ1) is 8.28. The molecular formula is C13H14FN3. The van der Waals surface area contributed by atoms with Crippen LogP contribution in [0.25, 0.3) is 0 Å². The molecular weight excluding hydrogens is 217 g/mol. The molecule has 2 aromatic rings. The Hall–Kier alpha value is -2.10. The molecule has 0 aliphatic rings. The molecule has 0 fully saturated rings. The number of benzene rings is 1. The Morgan fingerprint density at radius 2 is 1.76 bits per heavy atom. The Labute approximate surface area is 99.7 Å². The molecule has 17 heavy (non-hydrogen) atoms. The van der Waals surface area contributed by atoms with Crippen molar-refractivity contribution in [2.45, 2.75) is 6.54 Å². The summed E-state index contributed by atoms with van der Waals surface area (Å²) in [5.41, 5.74) is 1.02. The predicted molar refractivity (Wildman–Crippen MR) is 67.5 cm³/mol. The van der Waals surface area contributed by atoms with E-state index in [-0.39, 0.29) is 5.82 Å². The zero-order chi connectivity index (χ0) is 12.1. The van der Waals surface area contributed by atoms with E-state index in [1.807, 2.05) is 25.2 Å². The molecule has 4 heteroatoms. The van der Waals surface area contributed by atoms with E-state index in [9.17, 15) is 4.39 Å². The van der Waals surface area contributed by atoms with E-state index >= 15 is 0 Å². The first kappa shape index (κ1) is 11.4. The SMILES string of the molecule is CNc1cccc(NCc2ccc(F)cc2)n1. The van der Waals surface area contributed by atoms with E-state index in [0.717, 1.165) is 17.2 Å². The Bertz CT molecular complexity index is 482. The Balaban J connectivity index is 1.99. The highest BCUT2D eigenvalue weighted by molar-refractivity contribution is 5.45. The van der Waals surface area contributed by atoms with Gasteiger partial charge >= 0.3 is 0 Å². The fraction of sp³-hybridized carbons (Fsp3) is 0.154. The number of hydrogen-bond donors (Lipinski definition) is 2. The van der Waals surface area contributed by atoms with Gasteiger partial charge in [-0.25, -0.2) is 9.37 Å². The topological polar surface area (TPSA) is 37.0 Å². The first-order valence-corrected chi connectivity index (χ1v) is 5.41. The molecule has 2 N–H and O–H groups in total. The molecule has 0 radical (unpaired) electrons. The average molecular weight is 231 g/mol. The van der Waals surface area contributed by atoms with Crippen LogP contribution in [0.5, 0.6) is 0 Å². The van der Waals surface area contributed by atoms with Gasteiger partial charge in [0.15, 0.2) is 0 Å². The Morgan fingerprint density at radius 1 is 1.06 bits per heavy atom. The van der Waals surface area contributed by atoms with Crippen LogP contribution in [0.1, 0.15) is 5.56 Å². The number of rotatable bonds is 4. The molecule has 3 nitrogen and oxygen atoms in total. The lowest BCUT2D eigenvalue weighted by Gasteiger charge is -2.07. The molecule has 88 valence electrons. The van der Waals surface area contributed by atoms with Crippen LogP contribution in [-0.2, 0) is 6.54 Å². The van der Waals surface area contributed by atoms with Gasteiger partial charge in [-0.15, -0.1) is 0 Å². The summed E-state index contributed by atoms with van der Waals surface area (Å²) in [5, 5.41) is 6.15. The lowest BCUT2D eigenvalue weighted by molar-refractivity contribution is 0.627. The van der Waals surface area contributed by atoms with Crippen molar-refractivity contribution in [1.29, 1.82) is 0 Å². The number of pyridine rings is 1. The minimum Gasteiger partial charge on any atom is -0.373 e. The Kier molecular flexibility index (Phi) is 3.55. The smallest absolute Gasteiger partial charge is 0.128 e. The molecule has 0 bridgehead atoms. The second-order valence-corrected chi connectivity index (χ2v) is 3.64. The molecule has 2 rings (SSSR count). The van der Waals surface area contributed by atoms with Gasteiger partial charge in [-0.05, 0) is 29.8 Å². The van der Waals surface area contributed by atoms with Gasteiger partial charge in [0.05, 0.1) is 0 Å². The second kappa shape index (κ2) is 5.30. The van der Waals surface area contributed by atoms with Crippen molar-refractivity contribution >= 4 is 11.6 Å². The summed E-state index contributed by atoms with van der Waals surface area (Å²) >= 11 is 0. The second-order valence-electron chi connectivity index (χ2n) is 3.64. The fourth-order valence-corrected chi connectivity index (χ4v) is 1.47. The number of anilines is 2. The minimum atomic E-state index is -0.218. The summed E-state index contributed by atoms with van der Waals surface area (Å²) in [5.74, 6) is 1.39. The summed E-state index contributed by atoms with van der Waals surface area (Å²) in [6.07, 6.45) is 0. The van der Waals surface area contributed by atoms with E-state index in [2.05, 4.69) is 15.6 Å². The average Bonchev–Trinajstić information content (AvgIpc) is 2.38. The lowest BCUT2D eigenvalue weighted by Crippen LogP contribution is -2.02. The maximum Gasteiger partial charge on any atom is 0.128 e. The molecule has 0 aliphatic carbocycles. The molecule has 0 spiro atoms. The number of nitrogens with zero attached hydrogens (tertiary/aromatic N) is 1. The monoisotopic (exact) mass is 231 g/mol. The van der Waals surface area contributed by atoms with Crippen molar-refractivity contribution in [3.8, 4) is 0 Å². The van der Waals surface area contributed by atoms with Crippen molar-refractivity contribution in [2.75, 3.05) is 17.7 Å². The highest BCUT2D eigenvalue weighted by Gasteiger charge is 1.97. The first-order valence-electron chi connectivity index (χ1n) is 5.41. The number of nitrogens with one attached hydrogen (secondary N) is 2. The number of aromatic nitrogens is 1. The summed E-state index contributed by atoms with van der Waals surface area (Å²) < 4.78 is 12.7. The van der Waals surface area contributed by atoms with E-state index in [0.29, 0.717) is 6.54 Å². The van der Waals surface area contributed by atoms with Crippen LogP contribution in [0.2, 0.25) is 0 Å². The standard InChI is InChI=1S/C13H14FN3/c1-15-12-3-2-4-13(17-12)16-9-10-5-7-11(14)8-6-10/h2-8H,9H2,1H3,(H2,15,16,17). The summed E-state index contributed by atoms with van der Waals surface area (Å²) in [6.45, 7) is 0.625. The van der Waals surface area contributed by atoms with Crippen LogP contribution in [0.15, 0.2) is 42.5 Å². The molecule has 0 atom stereocenters. The fourth-order valence-electron chi connectivity index (χ4n) is 1.47. The third-order valence-corrected chi connectivity index (χ3v) is 2.39. The van der Waals surface area contributed by atoms with E-state index in [4.69, 9.17) is 0 Å². The number of halogens is 1. The van der Waals surface area contributed by atoms with Gasteiger partial charge < -0.3 is 10.6 Å². The Morgan fingerprint density at radius 3 is 2.47 bits per heavy atom. The van der Waals surface area contributed by atoms with Gasteiger partial charge in [0.25, 0.3) is 0 Å². The van der Waals surface area contributed by atoms with Gasteiger partial charge in [0, 0.05) is 13.6 Å². The van der Waals surface area contributed by atoms with Gasteiger partial charge in [-0.3, -0.25) is 0 Å². The quantitative estimate of drug-likeness (QED) is 0.849. The zero-order valence-corrected chi connectivity index (χ0v) is 9.57. The van der Waals surface area contributed by atoms with Gasteiger partial charge in [0.1, 0.15) is 17.5 Å². The molecule has 0 unspecified atom stereocenters. The largest absolute Gasteiger partial charge is 0.373 e. The maximum absolute atomic E-state index is 12.7. The maximum atomic E-state index is 12.7. The van der Waals surface area contributed by atoms with Crippen molar-refractivity contribution < 1.29 is 4.39 Å². The van der Waals surface area contributed by atoms with Crippen molar-refractivity contribution in [3.63, 3.8) is 0 Å². The normalized spacial score (nSPS) is 10.0. The molecule has 0 amide bonds. The van der Waals surface area contributed by atoms with Crippen molar-refractivity contribution in [1.82, 2.24) is 4.98 Å². The molecule has 0 aliphatic heterocycles. The molecule has 1 heterocycles. The summed E-state index contributed by atoms with van der Waals surface area (Å²) in [6, 6.07) is 12.1. The predicted octanol–water partition coefficient (Wildman–Crippen LogP) is 2.87. The van der Waals surface area contributed by atoms with Crippen LogP contribution >= 0.6 is 0 Å². The molecule has 1 aromatic heterocycles. The number of hydrogen-bond acceptors (Lipinski definition) is 3. The van der Waals surface area contributed by atoms with Crippen LogP contribution in [-0.4, -0.2) is 12.0 Å². The molecule has 0 saturated heterocycles. The zero-order valence-electron chi connectivity index (χ0n) is 9.57. The molecule has 0 saturated carbocycles. The third-order valence-electron chi connectivity index (χ3n) is 2.39. The van der Waals surface area contributed by atoms with E-state index in [1.165, 1.54) is 12.1 Å². The van der Waals surface area contributed by atoms with Crippen molar-refractivity contribution in [2.24, 2.45) is 0 Å². The van der Waals surface area contributed by atoms with Crippen LogP contribution in [0, 0.1) is 5.82 Å². The van der Waals surface area contributed by atoms with Crippen LogP contribution < -0.4 is 10.6 Å². The van der Waals surface area contributed by atoms with Crippen LogP contribution in [0.4, 0.5) is 16.0 Å². The van der Waals surface area contributed by atoms with Crippen molar-refractivity contribution in [3.05, 3.63) is 53.8 Å². The van der Waals surface area contributed by atoms with Crippen LogP contribution in [0.3, 0.4) is 0 Å². The van der Waals surface area contributed by atoms with Gasteiger partial charge in [-0.2, -0.15) is 0 Å². The van der Waals surface area contributed by atoms with E-state index < -0.39 is 0 Å². The van der Waals surface area contributed by atoms with E-state index in [1.54, 1.807) is 12.1 Å². The minimum absolute atomic E-state index is 0.218. The lowest BCUT2D eigenvalue weighted by atomic mass is 10.2. The van der Waals surface area contributed by atoms with Gasteiger partial charge in [0.2, 0.25) is 0 Å². The molecule has 1 aromatic carbocycles. The third kappa shape index (κ3) is 3.17. The summed E-state index contributed by atoms with van der Waals surface area (Å²) in [4.78, 5) is 4.33.